The lowest BCUT2D eigenvalue weighted by molar-refractivity contribution is 0.309. The van der Waals surface area contributed by atoms with Crippen molar-refractivity contribution in [1.82, 2.24) is 24.6 Å². The molecule has 9 nitrogen and oxygen atoms in total. The average molecular weight is 389 g/mol. The van der Waals surface area contributed by atoms with Crippen LogP contribution < -0.4 is 19.7 Å². The van der Waals surface area contributed by atoms with E-state index in [-0.39, 0.29) is 0 Å². The van der Waals surface area contributed by atoms with Crippen molar-refractivity contribution in [2.24, 2.45) is 0 Å². The van der Waals surface area contributed by atoms with Gasteiger partial charge in [0.15, 0.2) is 17.2 Å². The van der Waals surface area contributed by atoms with Crippen LogP contribution in [0.15, 0.2) is 48.9 Å². The number of fused-ring (bicyclic) bond motifs is 2. The Kier molecular flexibility index (Phi) is 4.12. The first-order valence-electron chi connectivity index (χ1n) is 9.18. The molecule has 9 heteroatoms. The molecule has 0 spiro atoms. The van der Waals surface area contributed by atoms with Crippen LogP contribution in [0.5, 0.6) is 11.5 Å². The molecule has 3 aromatic heterocycles. The number of nitrogens with zero attached hydrogens (tertiary/aromatic N) is 6. The zero-order chi connectivity index (χ0) is 19.8. The van der Waals surface area contributed by atoms with Crippen LogP contribution in [0, 0.1) is 0 Å². The Hall–Kier alpha value is -3.88. The molecule has 1 aliphatic heterocycles. The highest BCUT2D eigenvalue weighted by atomic mass is 16.5. The molecular weight excluding hydrogens is 370 g/mol. The Balaban J connectivity index is 1.50. The first-order chi connectivity index (χ1) is 14.2. The molecule has 0 aliphatic carbocycles. The summed E-state index contributed by atoms with van der Waals surface area (Å²) in [5, 5.41) is 7.71. The van der Waals surface area contributed by atoms with Crippen molar-refractivity contribution in [1.29, 1.82) is 0 Å². The van der Waals surface area contributed by atoms with Gasteiger partial charge < -0.3 is 19.7 Å². The Morgan fingerprint density at radius 1 is 1.17 bits per heavy atom. The summed E-state index contributed by atoms with van der Waals surface area (Å²) in [4.78, 5) is 15.8. The highest BCUT2D eigenvalue weighted by Gasteiger charge is 2.19. The van der Waals surface area contributed by atoms with Gasteiger partial charge in [0.1, 0.15) is 18.1 Å². The van der Waals surface area contributed by atoms with E-state index in [2.05, 4.69) is 30.3 Å². The monoisotopic (exact) mass is 389 g/mol. The van der Waals surface area contributed by atoms with Gasteiger partial charge in [-0.2, -0.15) is 4.98 Å². The van der Waals surface area contributed by atoms with Crippen molar-refractivity contribution in [2.75, 3.05) is 37.5 Å². The normalized spacial score (nSPS) is 13.1. The molecule has 4 heterocycles. The maximum atomic E-state index is 5.77. The van der Waals surface area contributed by atoms with E-state index >= 15 is 0 Å². The molecule has 146 valence electrons. The van der Waals surface area contributed by atoms with E-state index in [9.17, 15) is 0 Å². The number of anilines is 3. The van der Waals surface area contributed by atoms with E-state index in [1.54, 1.807) is 30.2 Å². The number of nitrogens with one attached hydrogen (secondary N) is 1. The number of hydrogen-bond donors (Lipinski definition) is 1. The van der Waals surface area contributed by atoms with Crippen molar-refractivity contribution in [3.05, 3.63) is 48.9 Å². The van der Waals surface area contributed by atoms with E-state index in [1.807, 2.05) is 37.4 Å². The molecule has 0 unspecified atom stereocenters. The number of pyridine rings is 1. The molecule has 5 rings (SSSR count). The minimum absolute atomic E-state index is 0.478. The smallest absolute Gasteiger partial charge is 0.247 e. The van der Waals surface area contributed by atoms with Crippen molar-refractivity contribution in [3.63, 3.8) is 0 Å². The third-order valence-corrected chi connectivity index (χ3v) is 4.75. The lowest BCUT2D eigenvalue weighted by Crippen LogP contribution is -2.29. The summed E-state index contributed by atoms with van der Waals surface area (Å²) >= 11 is 0. The van der Waals surface area contributed by atoms with Gasteiger partial charge in [0.2, 0.25) is 5.95 Å². The number of rotatable bonds is 4. The number of benzene rings is 1. The van der Waals surface area contributed by atoms with Gasteiger partial charge in [-0.25, -0.2) is 9.50 Å². The fourth-order valence-electron chi connectivity index (χ4n) is 3.24. The topological polar surface area (TPSA) is 89.7 Å². The zero-order valence-electron chi connectivity index (χ0n) is 16.0. The molecule has 0 fully saturated rings. The highest BCUT2D eigenvalue weighted by Crippen LogP contribution is 2.33. The number of ether oxygens (including phenoxy) is 2. The Morgan fingerprint density at radius 3 is 2.86 bits per heavy atom. The summed E-state index contributed by atoms with van der Waals surface area (Å²) < 4.78 is 12.7. The third-order valence-electron chi connectivity index (χ3n) is 4.75. The summed E-state index contributed by atoms with van der Waals surface area (Å²) in [6, 6.07) is 9.52. The molecule has 0 radical (unpaired) electrons. The lowest BCUT2D eigenvalue weighted by atomic mass is 10.2. The van der Waals surface area contributed by atoms with Crippen molar-refractivity contribution < 1.29 is 9.47 Å². The van der Waals surface area contributed by atoms with E-state index in [0.29, 0.717) is 23.9 Å². The van der Waals surface area contributed by atoms with Crippen LogP contribution in [0.2, 0.25) is 0 Å². The van der Waals surface area contributed by atoms with Crippen LogP contribution in [0.1, 0.15) is 0 Å². The molecule has 1 aromatic carbocycles. The first kappa shape index (κ1) is 17.2. The number of likely N-dealkylation sites (N-methyl/N-ethyl adjacent to an activating group) is 1. The van der Waals surface area contributed by atoms with Gasteiger partial charge in [-0.15, -0.1) is 5.10 Å². The minimum Gasteiger partial charge on any atom is -0.497 e. The second-order valence-corrected chi connectivity index (χ2v) is 6.65. The molecule has 0 saturated heterocycles. The van der Waals surface area contributed by atoms with E-state index < -0.39 is 0 Å². The number of methoxy groups -OCH3 is 1. The fraction of sp³-hybridized carbons (Fsp3) is 0.200. The quantitative estimate of drug-likeness (QED) is 0.570. The van der Waals surface area contributed by atoms with E-state index in [0.717, 1.165) is 35.1 Å². The third kappa shape index (κ3) is 3.16. The van der Waals surface area contributed by atoms with Gasteiger partial charge in [0.25, 0.3) is 0 Å². The zero-order valence-corrected chi connectivity index (χ0v) is 16.0. The summed E-state index contributed by atoms with van der Waals surface area (Å²) in [6.07, 6.45) is 5.25. The van der Waals surface area contributed by atoms with Crippen LogP contribution in [0.4, 0.5) is 17.5 Å². The van der Waals surface area contributed by atoms with Crippen LogP contribution in [-0.2, 0) is 0 Å². The van der Waals surface area contributed by atoms with Crippen LogP contribution >= 0.6 is 0 Å². The predicted octanol–water partition coefficient (Wildman–Crippen LogP) is 2.77. The molecule has 0 amide bonds. The Morgan fingerprint density at radius 2 is 2.03 bits per heavy atom. The Labute approximate surface area is 167 Å². The van der Waals surface area contributed by atoms with E-state index in [1.165, 1.54) is 0 Å². The standard InChI is InChI=1S/C20H19N7O2/c1-26-9-10-29-16-11-13(12-22-18(16)26)17-19-24-20(25-27(19)8-7-21-17)23-14-3-5-15(28-2)6-4-14/h3-8,11-12H,9-10H2,1-2H3,(H,23,25). The molecule has 0 atom stereocenters. The SMILES string of the molecule is COc1ccc(Nc2nc3c(-c4cnc5c(c4)OCCN5C)nccn3n2)cc1. The Bertz CT molecular complexity index is 1170. The molecule has 0 saturated carbocycles. The maximum Gasteiger partial charge on any atom is 0.247 e. The summed E-state index contributed by atoms with van der Waals surface area (Å²) in [5.41, 5.74) is 3.01. The van der Waals surface area contributed by atoms with Crippen molar-refractivity contribution in [2.45, 2.75) is 0 Å². The minimum atomic E-state index is 0.478. The van der Waals surface area contributed by atoms with Gasteiger partial charge in [0, 0.05) is 36.9 Å². The number of aromatic nitrogens is 5. The molecule has 1 N–H and O–H groups in total. The summed E-state index contributed by atoms with van der Waals surface area (Å²) in [6.45, 7) is 1.45. The molecule has 29 heavy (non-hydrogen) atoms. The summed E-state index contributed by atoms with van der Waals surface area (Å²) in [5.74, 6) is 2.84. The first-order valence-corrected chi connectivity index (χ1v) is 9.18. The highest BCUT2D eigenvalue weighted by molar-refractivity contribution is 5.76. The summed E-state index contributed by atoms with van der Waals surface area (Å²) in [7, 11) is 3.64. The number of hydrogen-bond acceptors (Lipinski definition) is 8. The molecule has 4 aromatic rings. The van der Waals surface area contributed by atoms with Gasteiger partial charge in [0.05, 0.1) is 13.7 Å². The second-order valence-electron chi connectivity index (χ2n) is 6.65. The van der Waals surface area contributed by atoms with Crippen molar-refractivity contribution >= 4 is 23.1 Å². The van der Waals surface area contributed by atoms with Gasteiger partial charge >= 0.3 is 0 Å². The average Bonchev–Trinajstić information content (AvgIpc) is 3.16. The van der Waals surface area contributed by atoms with Gasteiger partial charge in [-0.05, 0) is 30.3 Å². The second kappa shape index (κ2) is 6.93. The largest absolute Gasteiger partial charge is 0.497 e. The molecular formula is C20H19N7O2. The molecule has 1 aliphatic rings. The predicted molar refractivity (Wildman–Crippen MR) is 109 cm³/mol. The fourth-order valence-corrected chi connectivity index (χ4v) is 3.24. The lowest BCUT2D eigenvalue weighted by Gasteiger charge is -2.26. The van der Waals surface area contributed by atoms with Crippen LogP contribution in [0.25, 0.3) is 16.9 Å². The van der Waals surface area contributed by atoms with E-state index in [4.69, 9.17) is 9.47 Å². The van der Waals surface area contributed by atoms with Crippen molar-refractivity contribution in [3.8, 4) is 22.8 Å². The van der Waals surface area contributed by atoms with Crippen LogP contribution in [-0.4, -0.2) is 51.9 Å². The van der Waals surface area contributed by atoms with Crippen LogP contribution in [0.3, 0.4) is 0 Å². The van der Waals surface area contributed by atoms with Gasteiger partial charge in [-0.3, -0.25) is 4.98 Å². The molecule has 0 bridgehead atoms. The maximum absolute atomic E-state index is 5.77. The van der Waals surface area contributed by atoms with Gasteiger partial charge in [-0.1, -0.05) is 0 Å².